The van der Waals surface area contributed by atoms with E-state index in [1.54, 1.807) is 0 Å². The lowest BCUT2D eigenvalue weighted by Crippen LogP contribution is -2.41. The van der Waals surface area contributed by atoms with Gasteiger partial charge >= 0.3 is 5.97 Å². The Hall–Kier alpha value is -1.73. The Labute approximate surface area is 118 Å². The van der Waals surface area contributed by atoms with E-state index in [4.69, 9.17) is 34.0 Å². The van der Waals surface area contributed by atoms with E-state index in [2.05, 4.69) is 10.3 Å². The van der Waals surface area contributed by atoms with Gasteiger partial charge in [-0.15, -0.1) is 0 Å². The highest BCUT2D eigenvalue weighted by molar-refractivity contribution is 6.41. The van der Waals surface area contributed by atoms with Gasteiger partial charge in [-0.3, -0.25) is 9.59 Å². The Kier molecular flexibility index (Phi) is 5.20. The molecule has 0 radical (unpaired) electrons. The molecule has 19 heavy (non-hydrogen) atoms. The van der Waals surface area contributed by atoms with Crippen LogP contribution < -0.4 is 11.1 Å². The molecule has 0 spiro atoms. The van der Waals surface area contributed by atoms with Crippen LogP contribution in [0.15, 0.2) is 6.07 Å². The van der Waals surface area contributed by atoms with Crippen molar-refractivity contribution in [3.63, 3.8) is 0 Å². The monoisotopic (exact) mass is 307 g/mol. The second-order valence-electron chi connectivity index (χ2n) is 3.71. The molecule has 2 amide bonds. The summed E-state index contributed by atoms with van der Waals surface area (Å²) >= 11 is 11.3. The van der Waals surface area contributed by atoms with Gasteiger partial charge in [0.05, 0.1) is 5.02 Å². The van der Waals surface area contributed by atoms with Crippen molar-refractivity contribution in [2.45, 2.75) is 18.9 Å². The maximum atomic E-state index is 11.7. The van der Waals surface area contributed by atoms with Crippen molar-refractivity contribution < 1.29 is 19.5 Å². The van der Waals surface area contributed by atoms with Crippen LogP contribution in [-0.2, 0) is 9.59 Å². The predicted molar refractivity (Wildman–Crippen MR) is 68.1 cm³/mol. The summed E-state index contributed by atoms with van der Waals surface area (Å²) in [7, 11) is 0. The van der Waals surface area contributed by atoms with Crippen LogP contribution in [-0.4, -0.2) is 33.9 Å². The Morgan fingerprint density at radius 2 is 2.05 bits per heavy atom. The summed E-state index contributed by atoms with van der Waals surface area (Å²) in [5.74, 6) is -2.60. The zero-order chi connectivity index (χ0) is 14.6. The van der Waals surface area contributed by atoms with Crippen LogP contribution in [0.25, 0.3) is 0 Å². The number of rotatable bonds is 6. The molecule has 0 saturated heterocycles. The Bertz CT molecular complexity index is 495. The van der Waals surface area contributed by atoms with E-state index >= 15 is 0 Å². The first-order valence-corrected chi connectivity index (χ1v) is 5.93. The second-order valence-corrected chi connectivity index (χ2v) is 4.50. The molecular formula is C10H11Cl2N3O4. The number of carbonyl (C=O) groups excluding carboxylic acids is 2. The SMILES string of the molecule is NC(=O)CC[C@@H](NC(=O)c1cc(Cl)c(Cl)[nH]1)C(=O)O. The third-order valence-electron chi connectivity index (χ3n) is 2.25. The van der Waals surface area contributed by atoms with E-state index < -0.39 is 23.8 Å². The summed E-state index contributed by atoms with van der Waals surface area (Å²) in [5, 5.41) is 11.4. The zero-order valence-electron chi connectivity index (χ0n) is 9.57. The van der Waals surface area contributed by atoms with E-state index in [0.29, 0.717) is 0 Å². The number of aromatic nitrogens is 1. The van der Waals surface area contributed by atoms with E-state index in [1.165, 1.54) is 6.07 Å². The first-order chi connectivity index (χ1) is 8.81. The van der Waals surface area contributed by atoms with Gasteiger partial charge in [0.1, 0.15) is 16.9 Å². The number of hydrogen-bond acceptors (Lipinski definition) is 3. The van der Waals surface area contributed by atoms with Crippen LogP contribution in [0.3, 0.4) is 0 Å². The number of amides is 2. The van der Waals surface area contributed by atoms with Gasteiger partial charge in [0.2, 0.25) is 5.91 Å². The predicted octanol–water partition coefficient (Wildman–Crippen LogP) is 0.770. The highest BCUT2D eigenvalue weighted by Gasteiger charge is 2.22. The molecule has 1 atom stereocenters. The minimum Gasteiger partial charge on any atom is -0.480 e. The van der Waals surface area contributed by atoms with E-state index in [9.17, 15) is 14.4 Å². The van der Waals surface area contributed by atoms with Crippen molar-refractivity contribution in [2.24, 2.45) is 5.73 Å². The number of halogens is 2. The normalized spacial score (nSPS) is 11.9. The summed E-state index contributed by atoms with van der Waals surface area (Å²) in [5.41, 5.74) is 4.95. The molecule has 0 fully saturated rings. The standard InChI is InChI=1S/C10H11Cl2N3O4/c11-4-3-6(14-8(4)12)9(17)15-5(10(18)19)1-2-7(13)16/h3,5,14H,1-2H2,(H2,13,16)(H,15,17)(H,18,19)/t5-/m1/s1. The van der Waals surface area contributed by atoms with Gasteiger partial charge in [0.15, 0.2) is 0 Å². The van der Waals surface area contributed by atoms with Crippen molar-refractivity contribution in [1.82, 2.24) is 10.3 Å². The summed E-state index contributed by atoms with van der Waals surface area (Å²) in [4.78, 5) is 35.7. The molecule has 0 unspecified atom stereocenters. The molecule has 7 nitrogen and oxygen atoms in total. The maximum absolute atomic E-state index is 11.7. The minimum absolute atomic E-state index is 0.0281. The number of nitrogens with one attached hydrogen (secondary N) is 2. The molecule has 5 N–H and O–H groups in total. The van der Waals surface area contributed by atoms with Crippen LogP contribution >= 0.6 is 23.2 Å². The summed E-state index contributed by atoms with van der Waals surface area (Å²) in [6.45, 7) is 0. The van der Waals surface area contributed by atoms with Crippen molar-refractivity contribution in [3.8, 4) is 0 Å². The van der Waals surface area contributed by atoms with Crippen LogP contribution in [0.2, 0.25) is 10.2 Å². The number of aliphatic carboxylic acids is 1. The van der Waals surface area contributed by atoms with Crippen molar-refractivity contribution in [1.29, 1.82) is 0 Å². The van der Waals surface area contributed by atoms with Crippen LogP contribution in [0.1, 0.15) is 23.3 Å². The average molecular weight is 308 g/mol. The fourth-order valence-electron chi connectivity index (χ4n) is 1.31. The molecule has 0 aromatic carbocycles. The molecule has 1 rings (SSSR count). The molecule has 1 heterocycles. The number of carbonyl (C=O) groups is 3. The number of H-pyrrole nitrogens is 1. The Morgan fingerprint density at radius 1 is 1.42 bits per heavy atom. The topological polar surface area (TPSA) is 125 Å². The van der Waals surface area contributed by atoms with Gasteiger partial charge < -0.3 is 21.1 Å². The highest BCUT2D eigenvalue weighted by atomic mass is 35.5. The average Bonchev–Trinajstić information content (AvgIpc) is 2.64. The van der Waals surface area contributed by atoms with Crippen LogP contribution in [0.5, 0.6) is 0 Å². The fraction of sp³-hybridized carbons (Fsp3) is 0.300. The lowest BCUT2D eigenvalue weighted by atomic mass is 10.1. The molecule has 1 aromatic rings. The molecular weight excluding hydrogens is 297 g/mol. The third kappa shape index (κ3) is 4.46. The number of nitrogens with two attached hydrogens (primary N) is 1. The van der Waals surface area contributed by atoms with Gasteiger partial charge in [-0.05, 0) is 12.5 Å². The van der Waals surface area contributed by atoms with Crippen molar-refractivity contribution in [2.75, 3.05) is 0 Å². The lowest BCUT2D eigenvalue weighted by Gasteiger charge is -2.12. The maximum Gasteiger partial charge on any atom is 0.326 e. The van der Waals surface area contributed by atoms with Crippen molar-refractivity contribution in [3.05, 3.63) is 21.9 Å². The molecule has 9 heteroatoms. The lowest BCUT2D eigenvalue weighted by molar-refractivity contribution is -0.139. The van der Waals surface area contributed by atoms with E-state index in [0.717, 1.165) is 0 Å². The molecule has 1 aromatic heterocycles. The molecule has 0 saturated carbocycles. The van der Waals surface area contributed by atoms with Crippen LogP contribution in [0, 0.1) is 0 Å². The number of hydrogen-bond donors (Lipinski definition) is 4. The molecule has 104 valence electrons. The molecule has 0 bridgehead atoms. The number of aromatic amines is 1. The molecule has 0 aliphatic heterocycles. The van der Waals surface area contributed by atoms with Crippen LogP contribution in [0.4, 0.5) is 0 Å². The summed E-state index contributed by atoms with van der Waals surface area (Å²) in [6, 6.07) is 0.0486. The first-order valence-electron chi connectivity index (χ1n) is 5.17. The van der Waals surface area contributed by atoms with Gasteiger partial charge in [0.25, 0.3) is 5.91 Å². The Morgan fingerprint density at radius 3 is 2.47 bits per heavy atom. The van der Waals surface area contributed by atoms with E-state index in [1.807, 2.05) is 0 Å². The quantitative estimate of drug-likeness (QED) is 0.619. The summed E-state index contributed by atoms with van der Waals surface area (Å²) < 4.78 is 0. The largest absolute Gasteiger partial charge is 0.480 e. The number of primary amides is 1. The zero-order valence-corrected chi connectivity index (χ0v) is 11.1. The number of carboxylic acids is 1. The first kappa shape index (κ1) is 15.3. The highest BCUT2D eigenvalue weighted by Crippen LogP contribution is 2.21. The van der Waals surface area contributed by atoms with Gasteiger partial charge in [0, 0.05) is 6.42 Å². The van der Waals surface area contributed by atoms with E-state index in [-0.39, 0.29) is 28.7 Å². The molecule has 0 aliphatic carbocycles. The smallest absolute Gasteiger partial charge is 0.326 e. The van der Waals surface area contributed by atoms with Crippen molar-refractivity contribution >= 4 is 41.0 Å². The van der Waals surface area contributed by atoms with Gasteiger partial charge in [-0.2, -0.15) is 0 Å². The number of carboxylic acid groups (broad SMARTS) is 1. The van der Waals surface area contributed by atoms with Gasteiger partial charge in [-0.1, -0.05) is 23.2 Å². The molecule has 0 aliphatic rings. The summed E-state index contributed by atoms with van der Waals surface area (Å²) in [6.07, 6.45) is -0.248. The minimum atomic E-state index is -1.27. The van der Waals surface area contributed by atoms with Gasteiger partial charge in [-0.25, -0.2) is 4.79 Å². The Balaban J connectivity index is 2.71. The fourth-order valence-corrected chi connectivity index (χ4v) is 1.62. The third-order valence-corrected chi connectivity index (χ3v) is 2.95. The second kappa shape index (κ2) is 6.44.